The van der Waals surface area contributed by atoms with Crippen LogP contribution in [0.15, 0.2) is 16.0 Å². The molecule has 0 saturated heterocycles. The fourth-order valence-electron chi connectivity index (χ4n) is 1.38. The van der Waals surface area contributed by atoms with Crippen LogP contribution in [0.4, 0.5) is 10.8 Å². The Morgan fingerprint density at radius 3 is 2.82 bits per heavy atom. The molecule has 2 rings (SSSR count). The quantitative estimate of drug-likeness (QED) is 0.939. The van der Waals surface area contributed by atoms with Crippen LogP contribution in [0.5, 0.6) is 5.75 Å². The monoisotopic (exact) mass is 313 g/mol. The standard InChI is InChI=1S/C11H12BrN3OS/c1-6-9(16-3)5-17-11(6)15-10-8(12)4-13-7(2)14-10/h4-5H,1-3H3,(H,13,14,15). The Bertz CT molecular complexity index is 542. The third kappa shape index (κ3) is 2.58. The van der Waals surface area contributed by atoms with Crippen molar-refractivity contribution in [3.05, 3.63) is 27.4 Å². The number of anilines is 2. The van der Waals surface area contributed by atoms with Crippen LogP contribution in [0, 0.1) is 13.8 Å². The number of thiophene rings is 1. The molecule has 0 radical (unpaired) electrons. The van der Waals surface area contributed by atoms with Gasteiger partial charge in [0.05, 0.1) is 11.6 Å². The Morgan fingerprint density at radius 1 is 1.41 bits per heavy atom. The van der Waals surface area contributed by atoms with Gasteiger partial charge in [-0.2, -0.15) is 0 Å². The second-order valence-electron chi connectivity index (χ2n) is 3.50. The van der Waals surface area contributed by atoms with E-state index in [-0.39, 0.29) is 0 Å². The topological polar surface area (TPSA) is 47.0 Å². The van der Waals surface area contributed by atoms with Gasteiger partial charge in [-0.3, -0.25) is 0 Å². The normalized spacial score (nSPS) is 10.4. The van der Waals surface area contributed by atoms with E-state index in [4.69, 9.17) is 4.74 Å². The van der Waals surface area contributed by atoms with E-state index >= 15 is 0 Å². The molecule has 0 aliphatic heterocycles. The molecular weight excluding hydrogens is 302 g/mol. The Labute approximate surface area is 112 Å². The van der Waals surface area contributed by atoms with Crippen molar-refractivity contribution in [3.63, 3.8) is 0 Å². The number of hydrogen-bond donors (Lipinski definition) is 1. The molecule has 0 aliphatic rings. The predicted octanol–water partition coefficient (Wildman–Crippen LogP) is 3.67. The minimum atomic E-state index is 0.733. The number of ether oxygens (including phenoxy) is 1. The van der Waals surface area contributed by atoms with E-state index in [0.29, 0.717) is 0 Å². The molecule has 0 atom stereocenters. The van der Waals surface area contributed by atoms with E-state index in [1.54, 1.807) is 24.6 Å². The molecule has 2 aromatic heterocycles. The van der Waals surface area contributed by atoms with Crippen molar-refractivity contribution in [1.82, 2.24) is 9.97 Å². The van der Waals surface area contributed by atoms with E-state index in [9.17, 15) is 0 Å². The summed E-state index contributed by atoms with van der Waals surface area (Å²) in [5, 5.41) is 6.28. The molecule has 17 heavy (non-hydrogen) atoms. The van der Waals surface area contributed by atoms with Crippen LogP contribution >= 0.6 is 27.3 Å². The van der Waals surface area contributed by atoms with Crippen LogP contribution in [-0.4, -0.2) is 17.1 Å². The number of methoxy groups -OCH3 is 1. The molecule has 0 aromatic carbocycles. The van der Waals surface area contributed by atoms with E-state index < -0.39 is 0 Å². The van der Waals surface area contributed by atoms with Crippen LogP contribution in [-0.2, 0) is 0 Å². The van der Waals surface area contributed by atoms with Gasteiger partial charge >= 0.3 is 0 Å². The summed E-state index contributed by atoms with van der Waals surface area (Å²) in [4.78, 5) is 8.45. The fourth-order valence-corrected chi connectivity index (χ4v) is 2.60. The fraction of sp³-hybridized carbons (Fsp3) is 0.273. The number of nitrogens with zero attached hydrogens (tertiary/aromatic N) is 2. The first kappa shape index (κ1) is 12.3. The van der Waals surface area contributed by atoms with Crippen LogP contribution in [0.25, 0.3) is 0 Å². The predicted molar refractivity (Wildman–Crippen MR) is 73.4 cm³/mol. The molecule has 0 unspecified atom stereocenters. The minimum Gasteiger partial charge on any atom is -0.496 e. The van der Waals surface area contributed by atoms with Crippen LogP contribution in [0.1, 0.15) is 11.4 Å². The molecule has 2 aromatic rings. The largest absolute Gasteiger partial charge is 0.496 e. The SMILES string of the molecule is COc1csc(Nc2nc(C)ncc2Br)c1C. The van der Waals surface area contributed by atoms with Gasteiger partial charge in [-0.25, -0.2) is 9.97 Å². The van der Waals surface area contributed by atoms with Gasteiger partial charge in [0.2, 0.25) is 0 Å². The highest BCUT2D eigenvalue weighted by Crippen LogP contribution is 2.35. The first-order valence-electron chi connectivity index (χ1n) is 5.00. The number of halogens is 1. The zero-order valence-electron chi connectivity index (χ0n) is 9.74. The van der Waals surface area contributed by atoms with Crippen molar-refractivity contribution >= 4 is 38.1 Å². The summed E-state index contributed by atoms with van der Waals surface area (Å²) in [5.41, 5.74) is 1.08. The summed E-state index contributed by atoms with van der Waals surface area (Å²) in [6, 6.07) is 0. The van der Waals surface area contributed by atoms with E-state index in [1.807, 2.05) is 19.2 Å². The summed E-state index contributed by atoms with van der Waals surface area (Å²) in [7, 11) is 1.67. The number of aryl methyl sites for hydroxylation is 1. The lowest BCUT2D eigenvalue weighted by Gasteiger charge is -2.07. The minimum absolute atomic E-state index is 0.733. The number of rotatable bonds is 3. The van der Waals surface area contributed by atoms with Gasteiger partial charge in [-0.1, -0.05) is 0 Å². The molecule has 0 aliphatic carbocycles. The average Bonchev–Trinajstić information content (AvgIpc) is 2.65. The van der Waals surface area contributed by atoms with Gasteiger partial charge < -0.3 is 10.1 Å². The first-order chi connectivity index (χ1) is 8.11. The molecule has 2 heterocycles. The van der Waals surface area contributed by atoms with E-state index in [0.717, 1.165) is 32.4 Å². The number of hydrogen-bond acceptors (Lipinski definition) is 5. The lowest BCUT2D eigenvalue weighted by atomic mass is 10.3. The third-order valence-corrected chi connectivity index (χ3v) is 3.87. The molecule has 1 N–H and O–H groups in total. The molecule has 0 fully saturated rings. The third-order valence-electron chi connectivity index (χ3n) is 2.31. The molecule has 90 valence electrons. The van der Waals surface area contributed by atoms with Crippen molar-refractivity contribution in [1.29, 1.82) is 0 Å². The van der Waals surface area contributed by atoms with Gasteiger partial charge in [0.25, 0.3) is 0 Å². The summed E-state index contributed by atoms with van der Waals surface area (Å²) in [6.45, 7) is 3.87. The first-order valence-corrected chi connectivity index (χ1v) is 6.67. The van der Waals surface area contributed by atoms with Gasteiger partial charge in [0.15, 0.2) is 0 Å². The molecule has 0 bridgehead atoms. The van der Waals surface area contributed by atoms with Crippen molar-refractivity contribution in [2.75, 3.05) is 12.4 Å². The van der Waals surface area contributed by atoms with Gasteiger partial charge in [-0.05, 0) is 29.8 Å². The van der Waals surface area contributed by atoms with Gasteiger partial charge in [0, 0.05) is 17.1 Å². The highest BCUT2D eigenvalue weighted by Gasteiger charge is 2.10. The van der Waals surface area contributed by atoms with E-state index in [1.165, 1.54) is 0 Å². The lowest BCUT2D eigenvalue weighted by Crippen LogP contribution is -1.97. The summed E-state index contributed by atoms with van der Waals surface area (Å²) in [6.07, 6.45) is 1.74. The van der Waals surface area contributed by atoms with Crippen LogP contribution < -0.4 is 10.1 Å². The number of aromatic nitrogens is 2. The summed E-state index contributed by atoms with van der Waals surface area (Å²) >= 11 is 5.02. The molecular formula is C11H12BrN3OS. The Morgan fingerprint density at radius 2 is 2.18 bits per heavy atom. The smallest absolute Gasteiger partial charge is 0.149 e. The Kier molecular flexibility index (Phi) is 3.63. The van der Waals surface area contributed by atoms with Crippen molar-refractivity contribution < 1.29 is 4.74 Å². The Hall–Kier alpha value is -1.14. The average molecular weight is 314 g/mol. The number of nitrogens with one attached hydrogen (secondary N) is 1. The van der Waals surface area contributed by atoms with Crippen molar-refractivity contribution in [2.45, 2.75) is 13.8 Å². The maximum absolute atomic E-state index is 5.24. The second-order valence-corrected chi connectivity index (χ2v) is 5.23. The van der Waals surface area contributed by atoms with E-state index in [2.05, 4.69) is 31.2 Å². The lowest BCUT2D eigenvalue weighted by molar-refractivity contribution is 0.414. The maximum atomic E-state index is 5.24. The molecule has 0 spiro atoms. The van der Waals surface area contributed by atoms with Gasteiger partial charge in [0.1, 0.15) is 22.4 Å². The molecule has 6 heteroatoms. The summed E-state index contributed by atoms with van der Waals surface area (Å²) in [5.74, 6) is 2.39. The zero-order valence-corrected chi connectivity index (χ0v) is 12.1. The van der Waals surface area contributed by atoms with Crippen LogP contribution in [0.3, 0.4) is 0 Å². The highest BCUT2D eigenvalue weighted by molar-refractivity contribution is 9.10. The van der Waals surface area contributed by atoms with Crippen molar-refractivity contribution in [2.24, 2.45) is 0 Å². The van der Waals surface area contributed by atoms with Crippen LogP contribution in [0.2, 0.25) is 0 Å². The molecule has 4 nitrogen and oxygen atoms in total. The van der Waals surface area contributed by atoms with Crippen molar-refractivity contribution in [3.8, 4) is 5.75 Å². The summed E-state index contributed by atoms with van der Waals surface area (Å²) < 4.78 is 6.09. The highest BCUT2D eigenvalue weighted by atomic mass is 79.9. The van der Waals surface area contributed by atoms with Gasteiger partial charge in [-0.15, -0.1) is 11.3 Å². The Balaban J connectivity index is 2.31. The molecule has 0 saturated carbocycles. The zero-order chi connectivity index (χ0) is 12.4. The molecule has 0 amide bonds. The second kappa shape index (κ2) is 5.01. The maximum Gasteiger partial charge on any atom is 0.149 e.